The van der Waals surface area contributed by atoms with E-state index in [1.54, 1.807) is 0 Å². The summed E-state index contributed by atoms with van der Waals surface area (Å²) in [6, 6.07) is 0. The van der Waals surface area contributed by atoms with Crippen molar-refractivity contribution in [3.63, 3.8) is 0 Å². The van der Waals surface area contributed by atoms with Crippen molar-refractivity contribution >= 4 is 31.7 Å². The van der Waals surface area contributed by atoms with E-state index in [2.05, 4.69) is 21.2 Å². The topological polar surface area (TPSA) is 63.2 Å². The highest BCUT2D eigenvalue weighted by Crippen LogP contribution is 2.20. The summed E-state index contributed by atoms with van der Waals surface area (Å²) >= 11 is 3.33. The molecule has 6 heteroatoms. The molecule has 1 saturated heterocycles. The number of nitrogens with one attached hydrogen (secondary N) is 1. The first-order valence-corrected chi connectivity index (χ1v) is 8.28. The van der Waals surface area contributed by atoms with Crippen LogP contribution in [-0.4, -0.2) is 36.7 Å². The van der Waals surface area contributed by atoms with Crippen molar-refractivity contribution in [2.24, 2.45) is 5.92 Å². The Balaban J connectivity index is 2.54. The monoisotopic (exact) mass is 311 g/mol. The molecule has 0 saturated carbocycles. The van der Waals surface area contributed by atoms with Gasteiger partial charge in [-0.1, -0.05) is 15.9 Å². The first kappa shape index (κ1) is 14.0. The number of halogens is 1. The normalized spacial score (nSPS) is 24.3. The molecule has 16 heavy (non-hydrogen) atoms. The molecule has 1 aliphatic rings. The number of hydrogen-bond donors (Lipinski definition) is 1. The van der Waals surface area contributed by atoms with Gasteiger partial charge in [0.05, 0.1) is 17.4 Å². The van der Waals surface area contributed by atoms with Crippen molar-refractivity contribution in [2.45, 2.75) is 32.2 Å². The molecule has 0 bridgehead atoms. The number of carbonyl (C=O) groups is 1. The fourth-order valence-corrected chi connectivity index (χ4v) is 4.47. The van der Waals surface area contributed by atoms with Crippen LogP contribution < -0.4 is 5.32 Å². The minimum absolute atomic E-state index is 0.00320. The highest BCUT2D eigenvalue weighted by molar-refractivity contribution is 9.09. The van der Waals surface area contributed by atoms with E-state index in [1.165, 1.54) is 0 Å². The standard InChI is InChI=1S/C10H18BrNO3S/c1-10(2,4-5-11)12-9(13)8-3-6-16(14,15)7-8/h8H,3-7H2,1-2H3,(H,12,13). The van der Waals surface area contributed by atoms with Crippen molar-refractivity contribution in [2.75, 3.05) is 16.8 Å². The van der Waals surface area contributed by atoms with E-state index in [4.69, 9.17) is 0 Å². The van der Waals surface area contributed by atoms with E-state index < -0.39 is 9.84 Å². The van der Waals surface area contributed by atoms with Crippen molar-refractivity contribution in [1.82, 2.24) is 5.32 Å². The number of alkyl halides is 1. The van der Waals surface area contributed by atoms with Crippen LogP contribution in [0.4, 0.5) is 0 Å². The van der Waals surface area contributed by atoms with Crippen molar-refractivity contribution < 1.29 is 13.2 Å². The molecular weight excluding hydrogens is 294 g/mol. The highest BCUT2D eigenvalue weighted by Gasteiger charge is 2.34. The Morgan fingerprint density at radius 1 is 1.50 bits per heavy atom. The van der Waals surface area contributed by atoms with E-state index in [0.29, 0.717) is 6.42 Å². The fourth-order valence-electron chi connectivity index (χ4n) is 1.74. The van der Waals surface area contributed by atoms with Gasteiger partial charge in [0.1, 0.15) is 0 Å². The minimum Gasteiger partial charge on any atom is -0.351 e. The van der Waals surface area contributed by atoms with Crippen LogP contribution >= 0.6 is 15.9 Å². The summed E-state index contributed by atoms with van der Waals surface area (Å²) in [5.41, 5.74) is -0.285. The molecule has 1 N–H and O–H groups in total. The van der Waals surface area contributed by atoms with Crippen molar-refractivity contribution in [3.8, 4) is 0 Å². The van der Waals surface area contributed by atoms with Gasteiger partial charge in [0.25, 0.3) is 0 Å². The molecule has 4 nitrogen and oxygen atoms in total. The molecule has 1 heterocycles. The van der Waals surface area contributed by atoms with Gasteiger partial charge in [-0.15, -0.1) is 0 Å². The lowest BCUT2D eigenvalue weighted by Gasteiger charge is -2.26. The maximum Gasteiger partial charge on any atom is 0.224 e. The molecule has 94 valence electrons. The van der Waals surface area contributed by atoms with Gasteiger partial charge in [0.2, 0.25) is 5.91 Å². The van der Waals surface area contributed by atoms with Crippen LogP contribution in [0.2, 0.25) is 0 Å². The van der Waals surface area contributed by atoms with Crippen LogP contribution in [0.5, 0.6) is 0 Å². The third-order valence-electron chi connectivity index (χ3n) is 2.78. The lowest BCUT2D eigenvalue weighted by atomic mass is 9.99. The molecular formula is C10H18BrNO3S. The number of amides is 1. The van der Waals surface area contributed by atoms with E-state index in [0.717, 1.165) is 11.8 Å². The Bertz CT molecular complexity index is 364. The SMILES string of the molecule is CC(C)(CCBr)NC(=O)C1CCS(=O)(=O)C1. The van der Waals surface area contributed by atoms with Crippen LogP contribution in [-0.2, 0) is 14.6 Å². The molecule has 1 amide bonds. The Morgan fingerprint density at radius 2 is 2.12 bits per heavy atom. The Hall–Kier alpha value is -0.100. The predicted octanol–water partition coefficient (Wildman–Crippen LogP) is 1.10. The molecule has 1 unspecified atom stereocenters. The minimum atomic E-state index is -2.98. The van der Waals surface area contributed by atoms with Crippen LogP contribution in [0.1, 0.15) is 26.7 Å². The molecule has 0 aromatic carbocycles. The van der Waals surface area contributed by atoms with Gasteiger partial charge in [0, 0.05) is 10.9 Å². The van der Waals surface area contributed by atoms with E-state index in [-0.39, 0.29) is 28.9 Å². The molecule has 1 aliphatic heterocycles. The summed E-state index contributed by atoms with van der Waals surface area (Å²) in [5, 5.41) is 3.71. The third-order valence-corrected chi connectivity index (χ3v) is 4.95. The average molecular weight is 312 g/mol. The zero-order valence-electron chi connectivity index (χ0n) is 9.62. The van der Waals surface area contributed by atoms with Crippen LogP contribution in [0.3, 0.4) is 0 Å². The number of hydrogen-bond acceptors (Lipinski definition) is 3. The van der Waals surface area contributed by atoms with Crippen molar-refractivity contribution in [3.05, 3.63) is 0 Å². The van der Waals surface area contributed by atoms with Gasteiger partial charge >= 0.3 is 0 Å². The maximum absolute atomic E-state index is 11.8. The summed E-state index contributed by atoms with van der Waals surface area (Å²) in [7, 11) is -2.98. The number of carbonyl (C=O) groups excluding carboxylic acids is 1. The Kier molecular flexibility index (Phi) is 4.40. The molecule has 0 aromatic heterocycles. The van der Waals surface area contributed by atoms with Crippen LogP contribution in [0.15, 0.2) is 0 Å². The molecule has 1 rings (SSSR count). The summed E-state index contributed by atoms with van der Waals surface area (Å²) in [4.78, 5) is 11.8. The van der Waals surface area contributed by atoms with Gasteiger partial charge in [-0.2, -0.15) is 0 Å². The van der Waals surface area contributed by atoms with E-state index in [9.17, 15) is 13.2 Å². The number of sulfone groups is 1. The lowest BCUT2D eigenvalue weighted by molar-refractivity contribution is -0.125. The van der Waals surface area contributed by atoms with Gasteiger partial charge < -0.3 is 5.32 Å². The van der Waals surface area contributed by atoms with E-state index >= 15 is 0 Å². The molecule has 0 aromatic rings. The molecule has 1 fully saturated rings. The summed E-state index contributed by atoms with van der Waals surface area (Å²) in [6.07, 6.45) is 1.27. The predicted molar refractivity (Wildman–Crippen MR) is 67.4 cm³/mol. The molecule has 0 radical (unpaired) electrons. The molecule has 0 aliphatic carbocycles. The quantitative estimate of drug-likeness (QED) is 0.791. The maximum atomic E-state index is 11.8. The third kappa shape index (κ3) is 4.05. The summed E-state index contributed by atoms with van der Waals surface area (Å²) in [5.74, 6) is -0.348. The second-order valence-corrected chi connectivity index (χ2v) is 7.93. The van der Waals surface area contributed by atoms with Gasteiger partial charge in [-0.3, -0.25) is 4.79 Å². The number of rotatable bonds is 4. The average Bonchev–Trinajstić information content (AvgIpc) is 2.45. The van der Waals surface area contributed by atoms with E-state index in [1.807, 2.05) is 13.8 Å². The molecule has 0 spiro atoms. The van der Waals surface area contributed by atoms with Gasteiger partial charge in [-0.25, -0.2) is 8.42 Å². The van der Waals surface area contributed by atoms with Crippen LogP contribution in [0, 0.1) is 5.92 Å². The largest absolute Gasteiger partial charge is 0.351 e. The highest BCUT2D eigenvalue weighted by atomic mass is 79.9. The Morgan fingerprint density at radius 3 is 2.56 bits per heavy atom. The first-order chi connectivity index (χ1) is 7.26. The fraction of sp³-hybridized carbons (Fsp3) is 0.900. The Labute approximate surface area is 105 Å². The molecule has 1 atom stereocenters. The van der Waals surface area contributed by atoms with Gasteiger partial charge in [0.15, 0.2) is 9.84 Å². The summed E-state index contributed by atoms with van der Waals surface area (Å²) in [6.45, 7) is 3.88. The second-order valence-electron chi connectivity index (χ2n) is 4.91. The zero-order valence-corrected chi connectivity index (χ0v) is 12.0. The first-order valence-electron chi connectivity index (χ1n) is 5.34. The second kappa shape index (κ2) is 5.04. The smallest absolute Gasteiger partial charge is 0.224 e. The van der Waals surface area contributed by atoms with Crippen LogP contribution in [0.25, 0.3) is 0 Å². The zero-order chi connectivity index (χ0) is 12.4. The lowest BCUT2D eigenvalue weighted by Crippen LogP contribution is -2.46. The van der Waals surface area contributed by atoms with Gasteiger partial charge in [-0.05, 0) is 26.7 Å². The van der Waals surface area contributed by atoms with Crippen molar-refractivity contribution in [1.29, 1.82) is 0 Å². The summed E-state index contributed by atoms with van der Waals surface area (Å²) < 4.78 is 22.5.